The molecule has 0 saturated carbocycles. The fourth-order valence-corrected chi connectivity index (χ4v) is 11.4. The first-order valence-electron chi connectivity index (χ1n) is 26.8. The molecule has 5 aromatic carbocycles. The Morgan fingerprint density at radius 3 is 1.11 bits per heavy atom. The number of hydrogen-bond donors (Lipinski definition) is 3. The second kappa shape index (κ2) is 20.1. The quantitative estimate of drug-likeness (QED) is 0.113. The zero-order valence-electron chi connectivity index (χ0n) is 48.2. The molecule has 3 aliphatic heterocycles. The van der Waals surface area contributed by atoms with E-state index in [4.69, 9.17) is 43.1 Å². The number of rotatable bonds is 11. The van der Waals surface area contributed by atoms with Crippen LogP contribution in [0.25, 0.3) is 90.9 Å². The SMILES string of the molecule is COc1cccc(OC)c1-c1c2nc(c(-c3c(OC)cccc3OC)c3ccc([nH]3)c(-c3c(OC)cccc3OC)c3nc(c(-c4cc(C(C)(C)C)cc5c4Oc4c(C(=O)O)cc(C(C)(C)C)cc4C5(C)C)c4ccc1[nH]4)C=C3)C=C2. The first kappa shape index (κ1) is 53.8. The van der Waals surface area contributed by atoms with Crippen molar-refractivity contribution < 1.29 is 43.1 Å². The average molecular weight is 1080 g/mol. The summed E-state index contributed by atoms with van der Waals surface area (Å²) in [5, 5.41) is 11.0. The number of H-pyrrole nitrogens is 2. The molecule has 0 aliphatic carbocycles. The van der Waals surface area contributed by atoms with Crippen molar-refractivity contribution in [3.63, 3.8) is 0 Å². The Morgan fingerprint density at radius 2 is 0.778 bits per heavy atom. The van der Waals surface area contributed by atoms with Crippen LogP contribution in [0.5, 0.6) is 46.0 Å². The van der Waals surface area contributed by atoms with Crippen LogP contribution in [-0.2, 0) is 16.2 Å². The summed E-state index contributed by atoms with van der Waals surface area (Å²) in [4.78, 5) is 32.4. The van der Waals surface area contributed by atoms with Crippen LogP contribution in [-0.4, -0.2) is 73.7 Å². The summed E-state index contributed by atoms with van der Waals surface area (Å²) in [5.74, 6) is 3.16. The van der Waals surface area contributed by atoms with Crippen molar-refractivity contribution in [3.8, 4) is 90.5 Å². The standard InChI is InChI=1S/C68H66N4O9/c1-66(2,3)36-32-38(63-40(34-36)68(7,8)41-35-37(67(4,5)6)33-39(65(73)74)64(41)81-63)56-42-24-26-44(69-42)57(60-50(75-9)18-15-19-51(60)76-10)46-28-30-48(71-46)59(62-54(79-13)22-17-23-55(62)80-14)49-31-29-47(72-49)58(45-27-25-43(56)70-45)61-52(77-11)20-16-21-53(61)78-12/h15-35,69,72H,1-14H3,(H,73,74). The maximum Gasteiger partial charge on any atom is 0.339 e. The first-order chi connectivity index (χ1) is 38.7. The van der Waals surface area contributed by atoms with Crippen molar-refractivity contribution in [1.82, 2.24) is 19.9 Å². The molecule has 3 N–H and O–H groups in total. The lowest BCUT2D eigenvalue weighted by Crippen LogP contribution is -2.28. The van der Waals surface area contributed by atoms with Gasteiger partial charge in [0.05, 0.1) is 82.1 Å². The van der Waals surface area contributed by atoms with Gasteiger partial charge in [0.15, 0.2) is 0 Å². The third kappa shape index (κ3) is 9.01. The van der Waals surface area contributed by atoms with Crippen LogP contribution in [0.15, 0.2) is 103 Å². The van der Waals surface area contributed by atoms with Gasteiger partial charge in [-0.1, -0.05) is 85.7 Å². The van der Waals surface area contributed by atoms with Crippen molar-refractivity contribution in [3.05, 3.63) is 154 Å². The molecule has 11 rings (SSSR count). The van der Waals surface area contributed by atoms with Gasteiger partial charge in [-0.3, -0.25) is 0 Å². The highest BCUT2D eigenvalue weighted by Gasteiger charge is 2.41. The topological polar surface area (TPSA) is 159 Å². The molecule has 8 bridgehead atoms. The number of carboxylic acid groups (broad SMARTS) is 1. The van der Waals surface area contributed by atoms with Crippen molar-refractivity contribution in [1.29, 1.82) is 0 Å². The molecule has 6 heterocycles. The molecule has 81 heavy (non-hydrogen) atoms. The lowest BCUT2D eigenvalue weighted by Gasteiger charge is -2.38. The summed E-state index contributed by atoms with van der Waals surface area (Å²) >= 11 is 0. The molecule has 0 radical (unpaired) electrons. The summed E-state index contributed by atoms with van der Waals surface area (Å²) in [6.45, 7) is 17.2. The predicted molar refractivity (Wildman–Crippen MR) is 323 cm³/mol. The van der Waals surface area contributed by atoms with Gasteiger partial charge >= 0.3 is 5.97 Å². The molecule has 412 valence electrons. The highest BCUT2D eigenvalue weighted by atomic mass is 16.5. The molecule has 0 unspecified atom stereocenters. The van der Waals surface area contributed by atoms with E-state index in [2.05, 4.69) is 83.6 Å². The van der Waals surface area contributed by atoms with E-state index in [1.54, 1.807) is 48.7 Å². The van der Waals surface area contributed by atoms with Gasteiger partial charge in [-0.2, -0.15) is 0 Å². The number of benzene rings is 5. The Bertz CT molecular complexity index is 4020. The Hall–Kier alpha value is -9.23. The number of hydrogen-bond acceptors (Lipinski definition) is 10. The number of nitrogens with one attached hydrogen (secondary N) is 2. The molecule has 3 aromatic heterocycles. The van der Waals surface area contributed by atoms with E-state index in [9.17, 15) is 9.90 Å². The molecule has 13 heteroatoms. The number of aromatic nitrogens is 4. The summed E-state index contributed by atoms with van der Waals surface area (Å²) < 4.78 is 44.1. The Balaban J connectivity index is 1.37. The lowest BCUT2D eigenvalue weighted by molar-refractivity contribution is 0.0693. The van der Waals surface area contributed by atoms with Gasteiger partial charge in [-0.05, 0) is 119 Å². The summed E-state index contributed by atoms with van der Waals surface area (Å²) in [6.07, 6.45) is 8.01. The predicted octanol–water partition coefficient (Wildman–Crippen LogP) is 16.1. The number of fused-ring (bicyclic) bond motifs is 10. The van der Waals surface area contributed by atoms with Crippen molar-refractivity contribution in [2.45, 2.75) is 71.6 Å². The number of carboxylic acids is 1. The van der Waals surface area contributed by atoms with Gasteiger partial charge in [0.1, 0.15) is 51.6 Å². The van der Waals surface area contributed by atoms with E-state index in [1.807, 2.05) is 103 Å². The third-order valence-corrected chi connectivity index (χ3v) is 15.7. The zero-order valence-corrected chi connectivity index (χ0v) is 48.2. The molecule has 13 nitrogen and oxygen atoms in total. The van der Waals surface area contributed by atoms with E-state index >= 15 is 0 Å². The van der Waals surface area contributed by atoms with E-state index in [-0.39, 0.29) is 16.4 Å². The fraction of sp³-hybridized carbons (Fsp3) is 0.250. The average Bonchev–Trinajstić information content (AvgIpc) is 4.37. The number of aromatic amines is 2. The van der Waals surface area contributed by atoms with Gasteiger partial charge in [0.25, 0.3) is 0 Å². The zero-order chi connectivity index (χ0) is 57.4. The monoisotopic (exact) mass is 1080 g/mol. The number of ether oxygens (including phenoxy) is 7. The van der Waals surface area contributed by atoms with Crippen molar-refractivity contribution >= 4 is 52.3 Å². The van der Waals surface area contributed by atoms with Crippen LogP contribution in [0.2, 0.25) is 0 Å². The molecule has 0 fully saturated rings. The fourth-order valence-electron chi connectivity index (χ4n) is 11.4. The minimum atomic E-state index is -1.08. The minimum absolute atomic E-state index is 0.0901. The summed E-state index contributed by atoms with van der Waals surface area (Å²) in [6, 6.07) is 33.5. The number of aromatic carboxylic acids is 1. The highest BCUT2D eigenvalue weighted by Crippen LogP contribution is 2.56. The van der Waals surface area contributed by atoms with Crippen molar-refractivity contribution in [2.75, 3.05) is 42.7 Å². The van der Waals surface area contributed by atoms with E-state index in [0.29, 0.717) is 135 Å². The van der Waals surface area contributed by atoms with Gasteiger partial charge in [0, 0.05) is 66.4 Å². The number of methoxy groups -OCH3 is 6. The Morgan fingerprint density at radius 1 is 0.457 bits per heavy atom. The maximum absolute atomic E-state index is 13.5. The molecule has 3 aliphatic rings. The summed E-state index contributed by atoms with van der Waals surface area (Å²) in [5.41, 5.74) is 13.0. The maximum atomic E-state index is 13.5. The smallest absolute Gasteiger partial charge is 0.339 e. The first-order valence-corrected chi connectivity index (χ1v) is 26.8. The largest absolute Gasteiger partial charge is 0.496 e. The van der Waals surface area contributed by atoms with E-state index < -0.39 is 11.4 Å². The second-order valence-electron chi connectivity index (χ2n) is 22.9. The van der Waals surface area contributed by atoms with Gasteiger partial charge in [0.2, 0.25) is 0 Å². The van der Waals surface area contributed by atoms with Crippen molar-refractivity contribution in [2.24, 2.45) is 0 Å². The molecular weight excluding hydrogens is 1020 g/mol. The Kier molecular flexibility index (Phi) is 13.4. The number of carbonyl (C=O) groups is 1. The van der Waals surface area contributed by atoms with Crippen LogP contribution in [0.3, 0.4) is 0 Å². The lowest BCUT2D eigenvalue weighted by atomic mass is 9.70. The van der Waals surface area contributed by atoms with Crippen LogP contribution in [0, 0.1) is 0 Å². The molecular formula is C68H66N4O9. The number of nitrogens with zero attached hydrogens (tertiary/aromatic N) is 2. The molecule has 0 atom stereocenters. The Labute approximate surface area is 471 Å². The van der Waals surface area contributed by atoms with Crippen LogP contribution >= 0.6 is 0 Å². The van der Waals surface area contributed by atoms with Gasteiger partial charge in [-0.25, -0.2) is 14.8 Å². The molecule has 0 amide bonds. The normalized spacial score (nSPS) is 13.3. The van der Waals surface area contributed by atoms with Crippen LogP contribution < -0.4 is 33.2 Å². The molecule has 0 saturated heterocycles. The van der Waals surface area contributed by atoms with E-state index in [1.165, 1.54) is 0 Å². The van der Waals surface area contributed by atoms with Crippen LogP contribution in [0.4, 0.5) is 0 Å². The minimum Gasteiger partial charge on any atom is -0.496 e. The molecule has 0 spiro atoms. The van der Waals surface area contributed by atoms with Gasteiger partial charge in [-0.15, -0.1) is 0 Å². The van der Waals surface area contributed by atoms with Gasteiger partial charge < -0.3 is 48.2 Å². The van der Waals surface area contributed by atoms with E-state index in [0.717, 1.165) is 22.3 Å². The third-order valence-electron chi connectivity index (χ3n) is 15.7. The summed E-state index contributed by atoms with van der Waals surface area (Å²) in [7, 11) is 9.85. The second-order valence-corrected chi connectivity index (χ2v) is 22.9. The molecule has 8 aromatic rings. The highest BCUT2D eigenvalue weighted by molar-refractivity contribution is 6.04. The van der Waals surface area contributed by atoms with Crippen LogP contribution in [0.1, 0.15) is 111 Å².